The molecule has 3 rings (SSSR count). The van der Waals surface area contributed by atoms with Crippen LogP contribution in [0.4, 0.5) is 5.69 Å². The highest BCUT2D eigenvalue weighted by Crippen LogP contribution is 2.29. The zero-order valence-corrected chi connectivity index (χ0v) is 18.9. The highest BCUT2D eigenvalue weighted by atomic mass is 32.2. The molecule has 0 fully saturated rings. The van der Waals surface area contributed by atoms with E-state index in [4.69, 9.17) is 4.74 Å². The molecule has 0 bridgehead atoms. The summed E-state index contributed by atoms with van der Waals surface area (Å²) in [6.45, 7) is 6.07. The molecular formula is C25H25N3O2S. The topological polar surface area (TPSA) is 75.0 Å². The predicted molar refractivity (Wildman–Crippen MR) is 125 cm³/mol. The van der Waals surface area contributed by atoms with Crippen molar-refractivity contribution in [3.8, 4) is 23.1 Å². The van der Waals surface area contributed by atoms with Crippen LogP contribution in [0.5, 0.6) is 5.75 Å². The summed E-state index contributed by atoms with van der Waals surface area (Å²) in [4.78, 5) is 17.4. The SMILES string of the molecule is COc1ccc(-c2ccc(C#N)c(SC(C)C(=O)Nc3ccc(C(C)C)cc3)n2)cc1. The van der Waals surface area contributed by atoms with Gasteiger partial charge >= 0.3 is 0 Å². The van der Waals surface area contributed by atoms with Gasteiger partial charge in [0.1, 0.15) is 16.8 Å². The van der Waals surface area contributed by atoms with Gasteiger partial charge in [0.25, 0.3) is 0 Å². The number of thioether (sulfide) groups is 1. The maximum atomic E-state index is 12.7. The van der Waals surface area contributed by atoms with E-state index in [0.717, 1.165) is 22.7 Å². The molecule has 0 aliphatic heterocycles. The van der Waals surface area contributed by atoms with Gasteiger partial charge in [-0.05, 0) is 66.9 Å². The maximum Gasteiger partial charge on any atom is 0.237 e. The first-order chi connectivity index (χ1) is 14.9. The van der Waals surface area contributed by atoms with Crippen LogP contribution in [0.25, 0.3) is 11.3 Å². The van der Waals surface area contributed by atoms with E-state index in [1.165, 1.54) is 17.3 Å². The Morgan fingerprint density at radius 2 is 1.71 bits per heavy atom. The number of nitrogens with zero attached hydrogens (tertiary/aromatic N) is 2. The van der Waals surface area contributed by atoms with Crippen LogP contribution in [0.2, 0.25) is 0 Å². The second-order valence-electron chi connectivity index (χ2n) is 7.42. The number of hydrogen-bond acceptors (Lipinski definition) is 5. The summed E-state index contributed by atoms with van der Waals surface area (Å²) in [6, 6.07) is 21.1. The molecule has 1 atom stereocenters. The average molecular weight is 432 g/mol. The molecule has 0 saturated heterocycles. The number of methoxy groups -OCH3 is 1. The zero-order valence-electron chi connectivity index (χ0n) is 18.0. The molecule has 0 spiro atoms. The third-order valence-electron chi connectivity index (χ3n) is 4.87. The zero-order chi connectivity index (χ0) is 22.4. The number of anilines is 1. The van der Waals surface area contributed by atoms with Crippen molar-refractivity contribution in [2.75, 3.05) is 12.4 Å². The predicted octanol–water partition coefficient (Wildman–Crippen LogP) is 5.87. The molecule has 3 aromatic rings. The molecule has 0 aliphatic carbocycles. The first-order valence-corrected chi connectivity index (χ1v) is 10.9. The Kier molecular flexibility index (Phi) is 7.32. The normalized spacial score (nSPS) is 11.6. The fourth-order valence-corrected chi connectivity index (χ4v) is 3.85. The lowest BCUT2D eigenvalue weighted by Crippen LogP contribution is -2.22. The van der Waals surface area contributed by atoms with Crippen molar-refractivity contribution in [3.05, 3.63) is 71.8 Å². The fraction of sp³-hybridized carbons (Fsp3) is 0.240. The lowest BCUT2D eigenvalue weighted by molar-refractivity contribution is -0.115. The number of hydrogen-bond donors (Lipinski definition) is 1. The molecule has 1 heterocycles. The molecule has 0 radical (unpaired) electrons. The highest BCUT2D eigenvalue weighted by molar-refractivity contribution is 8.00. The fourth-order valence-electron chi connectivity index (χ4n) is 2.95. The second kappa shape index (κ2) is 10.1. The van der Waals surface area contributed by atoms with E-state index in [2.05, 4.69) is 30.2 Å². The molecule has 0 saturated carbocycles. The van der Waals surface area contributed by atoms with E-state index in [9.17, 15) is 10.1 Å². The Bertz CT molecular complexity index is 1090. The van der Waals surface area contributed by atoms with Crippen LogP contribution in [0.15, 0.2) is 65.7 Å². The number of carbonyl (C=O) groups excluding carboxylic acids is 1. The van der Waals surface area contributed by atoms with Crippen LogP contribution in [0.3, 0.4) is 0 Å². The van der Waals surface area contributed by atoms with Gasteiger partial charge in [0.2, 0.25) is 5.91 Å². The van der Waals surface area contributed by atoms with Gasteiger partial charge in [0.05, 0.1) is 23.6 Å². The number of pyridine rings is 1. The Morgan fingerprint density at radius 3 is 2.29 bits per heavy atom. The summed E-state index contributed by atoms with van der Waals surface area (Å²) in [5.74, 6) is 1.06. The summed E-state index contributed by atoms with van der Waals surface area (Å²) < 4.78 is 5.20. The van der Waals surface area contributed by atoms with Crippen molar-refractivity contribution in [1.82, 2.24) is 4.98 Å². The first kappa shape index (κ1) is 22.4. The van der Waals surface area contributed by atoms with Crippen LogP contribution < -0.4 is 10.1 Å². The van der Waals surface area contributed by atoms with Crippen LogP contribution in [-0.4, -0.2) is 23.3 Å². The highest BCUT2D eigenvalue weighted by Gasteiger charge is 2.18. The van der Waals surface area contributed by atoms with Gasteiger partial charge < -0.3 is 10.1 Å². The largest absolute Gasteiger partial charge is 0.497 e. The average Bonchev–Trinajstić information content (AvgIpc) is 2.79. The van der Waals surface area contributed by atoms with Crippen molar-refractivity contribution >= 4 is 23.4 Å². The summed E-state index contributed by atoms with van der Waals surface area (Å²) in [5, 5.41) is 12.5. The Hall–Kier alpha value is -3.30. The van der Waals surface area contributed by atoms with Gasteiger partial charge in [0, 0.05) is 11.3 Å². The van der Waals surface area contributed by atoms with Crippen LogP contribution >= 0.6 is 11.8 Å². The minimum atomic E-state index is -0.421. The molecular weight excluding hydrogens is 406 g/mol. The van der Waals surface area contributed by atoms with Gasteiger partial charge in [-0.15, -0.1) is 0 Å². The number of rotatable bonds is 7. The van der Waals surface area contributed by atoms with E-state index in [0.29, 0.717) is 16.5 Å². The van der Waals surface area contributed by atoms with E-state index >= 15 is 0 Å². The van der Waals surface area contributed by atoms with E-state index in [1.807, 2.05) is 61.5 Å². The standard InChI is InChI=1S/C25H25N3O2S/c1-16(2)18-5-10-21(11-6-18)27-24(29)17(3)31-25-20(15-26)9-14-23(28-25)19-7-12-22(30-4)13-8-19/h5-14,16-17H,1-4H3,(H,27,29). The second-order valence-corrected chi connectivity index (χ2v) is 8.75. The number of benzene rings is 2. The number of nitrogens with one attached hydrogen (secondary N) is 1. The summed E-state index contributed by atoms with van der Waals surface area (Å²) in [5.41, 5.74) is 4.07. The van der Waals surface area contributed by atoms with Gasteiger partial charge in [-0.2, -0.15) is 5.26 Å². The van der Waals surface area contributed by atoms with Crippen LogP contribution in [0, 0.1) is 11.3 Å². The van der Waals surface area contributed by atoms with Crippen LogP contribution in [-0.2, 0) is 4.79 Å². The third kappa shape index (κ3) is 5.65. The molecule has 1 aromatic heterocycles. The number of aromatic nitrogens is 1. The van der Waals surface area contributed by atoms with E-state index < -0.39 is 5.25 Å². The molecule has 1 amide bonds. The number of ether oxygens (including phenoxy) is 1. The molecule has 31 heavy (non-hydrogen) atoms. The third-order valence-corrected chi connectivity index (χ3v) is 5.97. The van der Waals surface area contributed by atoms with Crippen LogP contribution in [0.1, 0.15) is 37.8 Å². The van der Waals surface area contributed by atoms with Crippen molar-refractivity contribution in [2.45, 2.75) is 37.0 Å². The monoisotopic (exact) mass is 431 g/mol. The molecule has 1 N–H and O–H groups in total. The first-order valence-electron chi connectivity index (χ1n) is 10.0. The van der Waals surface area contributed by atoms with Crippen molar-refractivity contribution in [2.24, 2.45) is 0 Å². The van der Waals surface area contributed by atoms with Crippen molar-refractivity contribution < 1.29 is 9.53 Å². The Labute approximate surface area is 187 Å². The van der Waals surface area contributed by atoms with Gasteiger partial charge in [-0.3, -0.25) is 4.79 Å². The van der Waals surface area contributed by atoms with Gasteiger partial charge in [0.15, 0.2) is 0 Å². The lowest BCUT2D eigenvalue weighted by atomic mass is 10.0. The summed E-state index contributed by atoms with van der Waals surface area (Å²) in [7, 11) is 1.62. The smallest absolute Gasteiger partial charge is 0.237 e. The Morgan fingerprint density at radius 1 is 1.03 bits per heavy atom. The van der Waals surface area contributed by atoms with Gasteiger partial charge in [-0.25, -0.2) is 4.98 Å². The van der Waals surface area contributed by atoms with E-state index in [-0.39, 0.29) is 5.91 Å². The molecule has 0 aliphatic rings. The molecule has 5 nitrogen and oxygen atoms in total. The summed E-state index contributed by atoms with van der Waals surface area (Å²) >= 11 is 1.28. The molecule has 158 valence electrons. The maximum absolute atomic E-state index is 12.7. The number of amides is 1. The molecule has 2 aromatic carbocycles. The minimum Gasteiger partial charge on any atom is -0.497 e. The summed E-state index contributed by atoms with van der Waals surface area (Å²) in [6.07, 6.45) is 0. The molecule has 6 heteroatoms. The quantitative estimate of drug-likeness (QED) is 0.473. The van der Waals surface area contributed by atoms with Crippen molar-refractivity contribution in [3.63, 3.8) is 0 Å². The number of carbonyl (C=O) groups is 1. The lowest BCUT2D eigenvalue weighted by Gasteiger charge is -2.14. The van der Waals surface area contributed by atoms with E-state index in [1.54, 1.807) is 13.2 Å². The Balaban J connectivity index is 1.75. The van der Waals surface area contributed by atoms with Crippen molar-refractivity contribution in [1.29, 1.82) is 5.26 Å². The van der Waals surface area contributed by atoms with Gasteiger partial charge in [-0.1, -0.05) is 37.7 Å². The molecule has 1 unspecified atom stereocenters. The minimum absolute atomic E-state index is 0.136. The number of nitriles is 1.